The molecule has 6 heteroatoms. The molecule has 0 saturated heterocycles. The average molecular weight is 341 g/mol. The number of aromatic nitrogens is 1. The highest BCUT2D eigenvalue weighted by Gasteiger charge is 2.10. The van der Waals surface area contributed by atoms with Crippen LogP contribution in [-0.4, -0.2) is 35.8 Å². The molecule has 3 N–H and O–H groups in total. The quantitative estimate of drug-likeness (QED) is 0.752. The fourth-order valence-corrected chi connectivity index (χ4v) is 2.68. The Morgan fingerprint density at radius 2 is 2.30 bits per heavy atom. The van der Waals surface area contributed by atoms with Gasteiger partial charge in [-0.3, -0.25) is 4.79 Å². The zero-order valence-corrected chi connectivity index (χ0v) is 12.8. The minimum absolute atomic E-state index is 0.00967. The number of fused-ring (bicyclic) bond motifs is 1. The SMILES string of the molecule is CC(=O)NCCc1c(Br)[nH]c2ccc(OCCO)cc12. The molecule has 2 aromatic rings. The topological polar surface area (TPSA) is 74.4 Å². The van der Waals surface area contributed by atoms with E-state index >= 15 is 0 Å². The number of aliphatic hydroxyl groups is 1. The van der Waals surface area contributed by atoms with Crippen molar-refractivity contribution >= 4 is 32.7 Å². The van der Waals surface area contributed by atoms with Crippen LogP contribution in [0.25, 0.3) is 10.9 Å². The number of aliphatic hydroxyl groups excluding tert-OH is 1. The first-order valence-electron chi connectivity index (χ1n) is 6.40. The highest BCUT2D eigenvalue weighted by atomic mass is 79.9. The number of carbonyl (C=O) groups is 1. The number of halogens is 1. The molecule has 0 radical (unpaired) electrons. The van der Waals surface area contributed by atoms with E-state index in [9.17, 15) is 4.79 Å². The first-order valence-corrected chi connectivity index (χ1v) is 7.19. The van der Waals surface area contributed by atoms with Crippen LogP contribution in [0.2, 0.25) is 0 Å². The first kappa shape index (κ1) is 14.9. The maximum absolute atomic E-state index is 10.9. The zero-order chi connectivity index (χ0) is 14.5. The second kappa shape index (κ2) is 6.76. The minimum atomic E-state index is -0.0343. The van der Waals surface area contributed by atoms with E-state index in [2.05, 4.69) is 26.2 Å². The van der Waals surface area contributed by atoms with Gasteiger partial charge >= 0.3 is 0 Å². The van der Waals surface area contributed by atoms with Crippen molar-refractivity contribution in [2.24, 2.45) is 0 Å². The normalized spacial score (nSPS) is 10.8. The molecule has 0 aliphatic carbocycles. The molecule has 0 fully saturated rings. The molecule has 20 heavy (non-hydrogen) atoms. The first-order chi connectivity index (χ1) is 9.61. The molecule has 108 valence electrons. The van der Waals surface area contributed by atoms with E-state index in [0.29, 0.717) is 6.54 Å². The van der Waals surface area contributed by atoms with E-state index in [1.807, 2.05) is 18.2 Å². The van der Waals surface area contributed by atoms with Crippen LogP contribution in [0.15, 0.2) is 22.8 Å². The lowest BCUT2D eigenvalue weighted by Crippen LogP contribution is -2.22. The molecule has 1 amide bonds. The molecule has 5 nitrogen and oxygen atoms in total. The van der Waals surface area contributed by atoms with Crippen LogP contribution in [0, 0.1) is 0 Å². The second-order valence-corrected chi connectivity index (χ2v) is 5.22. The summed E-state index contributed by atoms with van der Waals surface area (Å²) in [6, 6.07) is 5.74. The highest BCUT2D eigenvalue weighted by molar-refractivity contribution is 9.10. The van der Waals surface area contributed by atoms with Crippen molar-refractivity contribution in [2.45, 2.75) is 13.3 Å². The summed E-state index contributed by atoms with van der Waals surface area (Å²) in [6.45, 7) is 2.36. The van der Waals surface area contributed by atoms with Gasteiger partial charge in [0.25, 0.3) is 0 Å². The van der Waals surface area contributed by atoms with E-state index < -0.39 is 0 Å². The van der Waals surface area contributed by atoms with Crippen molar-refractivity contribution in [1.29, 1.82) is 0 Å². The van der Waals surface area contributed by atoms with Crippen molar-refractivity contribution in [3.63, 3.8) is 0 Å². The number of aromatic amines is 1. The Morgan fingerprint density at radius 1 is 1.50 bits per heavy atom. The van der Waals surface area contributed by atoms with E-state index in [1.54, 1.807) is 0 Å². The van der Waals surface area contributed by atoms with E-state index in [-0.39, 0.29) is 19.1 Å². The number of nitrogens with one attached hydrogen (secondary N) is 2. The summed E-state index contributed by atoms with van der Waals surface area (Å²) in [4.78, 5) is 14.2. The van der Waals surface area contributed by atoms with Gasteiger partial charge in [0.2, 0.25) is 5.91 Å². The summed E-state index contributed by atoms with van der Waals surface area (Å²) < 4.78 is 6.34. The smallest absolute Gasteiger partial charge is 0.216 e. The highest BCUT2D eigenvalue weighted by Crippen LogP contribution is 2.29. The zero-order valence-electron chi connectivity index (χ0n) is 11.2. The van der Waals surface area contributed by atoms with Crippen LogP contribution in [0.4, 0.5) is 0 Å². The summed E-state index contributed by atoms with van der Waals surface area (Å²) in [6.07, 6.45) is 0.726. The molecule has 0 unspecified atom stereocenters. The number of H-pyrrole nitrogens is 1. The molecule has 0 saturated carbocycles. The van der Waals surface area contributed by atoms with Crippen LogP contribution in [0.3, 0.4) is 0 Å². The van der Waals surface area contributed by atoms with Crippen molar-refractivity contribution in [3.8, 4) is 5.75 Å². The van der Waals surface area contributed by atoms with Gasteiger partial charge in [-0.15, -0.1) is 0 Å². The third-order valence-corrected chi connectivity index (χ3v) is 3.61. The lowest BCUT2D eigenvalue weighted by atomic mass is 10.1. The number of hydrogen-bond acceptors (Lipinski definition) is 3. The predicted molar refractivity (Wildman–Crippen MR) is 81.0 cm³/mol. The molecule has 0 spiro atoms. The predicted octanol–water partition coefficient (Wildman–Crippen LogP) is 1.98. The number of rotatable bonds is 6. The Kier molecular flexibility index (Phi) is 5.03. The van der Waals surface area contributed by atoms with Gasteiger partial charge in [0.05, 0.1) is 11.2 Å². The van der Waals surface area contributed by atoms with Gasteiger partial charge in [-0.05, 0) is 46.1 Å². The second-order valence-electron chi connectivity index (χ2n) is 4.43. The van der Waals surface area contributed by atoms with Gasteiger partial charge in [-0.1, -0.05) is 0 Å². The maximum atomic E-state index is 10.9. The minimum Gasteiger partial charge on any atom is -0.491 e. The van der Waals surface area contributed by atoms with Gasteiger partial charge in [-0.2, -0.15) is 0 Å². The Balaban J connectivity index is 2.22. The van der Waals surface area contributed by atoms with Crippen molar-refractivity contribution in [1.82, 2.24) is 10.3 Å². The number of benzene rings is 1. The fourth-order valence-electron chi connectivity index (χ4n) is 2.06. The third-order valence-electron chi connectivity index (χ3n) is 2.93. The molecule has 1 aromatic heterocycles. The molecule has 1 aromatic carbocycles. The summed E-state index contributed by atoms with van der Waals surface area (Å²) in [7, 11) is 0. The Labute approximate surface area is 125 Å². The molecule has 0 bridgehead atoms. The van der Waals surface area contributed by atoms with Gasteiger partial charge in [0.15, 0.2) is 0 Å². The fraction of sp³-hybridized carbons (Fsp3) is 0.357. The lowest BCUT2D eigenvalue weighted by molar-refractivity contribution is -0.118. The molecule has 0 aliphatic heterocycles. The lowest BCUT2D eigenvalue weighted by Gasteiger charge is -2.05. The maximum Gasteiger partial charge on any atom is 0.216 e. The number of amides is 1. The monoisotopic (exact) mass is 340 g/mol. The molecule has 0 aliphatic rings. The molecular formula is C14H17BrN2O3. The third kappa shape index (κ3) is 3.52. The Hall–Kier alpha value is -1.53. The standard InChI is InChI=1S/C14H17BrN2O3/c1-9(19)16-5-4-11-12-8-10(20-7-6-18)2-3-13(12)17-14(11)15/h2-3,8,17-18H,4-7H2,1H3,(H,16,19). The van der Waals surface area contributed by atoms with Gasteiger partial charge in [-0.25, -0.2) is 0 Å². The Bertz CT molecular complexity index is 610. The van der Waals surface area contributed by atoms with Crippen LogP contribution in [-0.2, 0) is 11.2 Å². The molecule has 0 atom stereocenters. The van der Waals surface area contributed by atoms with Crippen molar-refractivity contribution in [2.75, 3.05) is 19.8 Å². The van der Waals surface area contributed by atoms with E-state index in [4.69, 9.17) is 9.84 Å². The summed E-state index contributed by atoms with van der Waals surface area (Å²) in [5.74, 6) is 0.687. The van der Waals surface area contributed by atoms with Crippen LogP contribution in [0.1, 0.15) is 12.5 Å². The van der Waals surface area contributed by atoms with E-state index in [0.717, 1.165) is 33.2 Å². The molecular weight excluding hydrogens is 324 g/mol. The summed E-state index contributed by atoms with van der Waals surface area (Å²) in [5.41, 5.74) is 2.11. The van der Waals surface area contributed by atoms with E-state index in [1.165, 1.54) is 6.92 Å². The van der Waals surface area contributed by atoms with Crippen molar-refractivity contribution < 1.29 is 14.6 Å². The van der Waals surface area contributed by atoms with Crippen LogP contribution < -0.4 is 10.1 Å². The number of carbonyl (C=O) groups excluding carboxylic acids is 1. The van der Waals surface area contributed by atoms with Gasteiger partial charge in [0, 0.05) is 24.4 Å². The number of hydrogen-bond donors (Lipinski definition) is 3. The van der Waals surface area contributed by atoms with Gasteiger partial charge in [0.1, 0.15) is 12.4 Å². The summed E-state index contributed by atoms with van der Waals surface area (Å²) >= 11 is 3.50. The van der Waals surface area contributed by atoms with Crippen molar-refractivity contribution in [3.05, 3.63) is 28.4 Å². The average Bonchev–Trinajstić information content (AvgIpc) is 2.72. The van der Waals surface area contributed by atoms with Crippen LogP contribution in [0.5, 0.6) is 5.75 Å². The Morgan fingerprint density at radius 3 is 3.00 bits per heavy atom. The number of ether oxygens (including phenoxy) is 1. The molecule has 1 heterocycles. The molecule has 2 rings (SSSR count). The van der Waals surface area contributed by atoms with Crippen LogP contribution >= 0.6 is 15.9 Å². The summed E-state index contributed by atoms with van der Waals surface area (Å²) in [5, 5.41) is 12.6. The largest absolute Gasteiger partial charge is 0.491 e. The van der Waals surface area contributed by atoms with Gasteiger partial charge < -0.3 is 20.1 Å².